The summed E-state index contributed by atoms with van der Waals surface area (Å²) >= 11 is 0. The minimum Gasteiger partial charge on any atom is -0.303 e. The molecule has 1 aliphatic heterocycles. The van der Waals surface area contributed by atoms with Gasteiger partial charge in [-0.25, -0.2) is 0 Å². The Kier molecular flexibility index (Phi) is 4.47. The molecule has 2 fully saturated rings. The topological polar surface area (TPSA) is 20.3 Å². The van der Waals surface area contributed by atoms with Crippen LogP contribution in [0.1, 0.15) is 59.3 Å². The largest absolute Gasteiger partial charge is 0.303 e. The van der Waals surface area contributed by atoms with Crippen molar-refractivity contribution in [3.05, 3.63) is 0 Å². The molecule has 2 aliphatic rings. The second kappa shape index (κ2) is 5.73. The molecule has 1 aliphatic carbocycles. The quantitative estimate of drug-likeness (QED) is 0.716. The van der Waals surface area contributed by atoms with E-state index in [4.69, 9.17) is 0 Å². The van der Waals surface area contributed by atoms with E-state index in [-0.39, 0.29) is 5.41 Å². The van der Waals surface area contributed by atoms with Crippen LogP contribution in [0.3, 0.4) is 0 Å². The molecule has 0 amide bonds. The fourth-order valence-electron chi connectivity index (χ4n) is 4.01. The highest BCUT2D eigenvalue weighted by molar-refractivity contribution is 5.60. The summed E-state index contributed by atoms with van der Waals surface area (Å²) < 4.78 is 0. The monoisotopic (exact) mass is 251 g/mol. The third-order valence-corrected chi connectivity index (χ3v) is 5.34. The van der Waals surface area contributed by atoms with Gasteiger partial charge in [0.05, 0.1) is 0 Å². The first-order valence-corrected chi connectivity index (χ1v) is 7.77. The number of hydrogen-bond acceptors (Lipinski definition) is 2. The summed E-state index contributed by atoms with van der Waals surface area (Å²) in [6.45, 7) is 9.25. The number of carbonyl (C=O) groups excluding carboxylic acids is 1. The van der Waals surface area contributed by atoms with Gasteiger partial charge in [-0.2, -0.15) is 0 Å². The van der Waals surface area contributed by atoms with Crippen LogP contribution in [0.4, 0.5) is 0 Å². The Labute approximate surface area is 112 Å². The van der Waals surface area contributed by atoms with Crippen LogP contribution in [0.15, 0.2) is 0 Å². The summed E-state index contributed by atoms with van der Waals surface area (Å²) in [5.41, 5.74) is -0.0245. The predicted molar refractivity (Wildman–Crippen MR) is 75.6 cm³/mol. The Morgan fingerprint density at radius 2 is 1.83 bits per heavy atom. The highest BCUT2D eigenvalue weighted by atomic mass is 16.1. The lowest BCUT2D eigenvalue weighted by molar-refractivity contribution is -0.120. The molecular formula is C16H29NO. The van der Waals surface area contributed by atoms with Crippen molar-refractivity contribution in [3.8, 4) is 0 Å². The molecule has 0 aromatic carbocycles. The van der Waals surface area contributed by atoms with Crippen LogP contribution in [0.2, 0.25) is 0 Å². The zero-order valence-corrected chi connectivity index (χ0v) is 12.3. The minimum absolute atomic E-state index is 0.0245. The molecule has 1 saturated heterocycles. The Morgan fingerprint density at radius 1 is 1.17 bits per heavy atom. The van der Waals surface area contributed by atoms with Gasteiger partial charge in [-0.3, -0.25) is 4.90 Å². The molecule has 0 radical (unpaired) electrons. The van der Waals surface area contributed by atoms with Crippen molar-refractivity contribution in [1.82, 2.24) is 4.90 Å². The van der Waals surface area contributed by atoms with Crippen LogP contribution < -0.4 is 0 Å². The highest BCUT2D eigenvalue weighted by Crippen LogP contribution is 2.37. The summed E-state index contributed by atoms with van der Waals surface area (Å²) in [7, 11) is 0. The summed E-state index contributed by atoms with van der Waals surface area (Å²) in [4.78, 5) is 14.2. The van der Waals surface area contributed by atoms with Crippen LogP contribution >= 0.6 is 0 Å². The molecule has 1 saturated carbocycles. The van der Waals surface area contributed by atoms with Crippen LogP contribution in [-0.4, -0.2) is 30.3 Å². The number of aldehydes is 1. The number of carbonyl (C=O) groups is 1. The van der Waals surface area contributed by atoms with Gasteiger partial charge in [0.15, 0.2) is 0 Å². The fourth-order valence-corrected chi connectivity index (χ4v) is 4.01. The van der Waals surface area contributed by atoms with Gasteiger partial charge in [0, 0.05) is 24.5 Å². The Morgan fingerprint density at radius 3 is 2.44 bits per heavy atom. The first-order valence-electron chi connectivity index (χ1n) is 7.77. The van der Waals surface area contributed by atoms with E-state index >= 15 is 0 Å². The third-order valence-electron chi connectivity index (χ3n) is 5.34. The summed E-state index contributed by atoms with van der Waals surface area (Å²) in [5.74, 6) is 1.55. The van der Waals surface area contributed by atoms with Crippen LogP contribution in [0.25, 0.3) is 0 Å². The standard InChI is InChI=1S/C16H29NO/c1-13-9-14(2)15(3)17(10-13)11-16(12-18)7-5-4-6-8-16/h12-15H,4-11H2,1-3H3. The molecule has 0 N–H and O–H groups in total. The predicted octanol–water partition coefficient (Wildman–Crippen LogP) is 3.50. The molecule has 3 unspecified atom stereocenters. The summed E-state index contributed by atoms with van der Waals surface area (Å²) in [5, 5.41) is 0. The van der Waals surface area contributed by atoms with Gasteiger partial charge in [-0.05, 0) is 38.0 Å². The molecule has 3 atom stereocenters. The van der Waals surface area contributed by atoms with Crippen molar-refractivity contribution in [2.24, 2.45) is 17.3 Å². The van der Waals surface area contributed by atoms with E-state index in [0.29, 0.717) is 6.04 Å². The van der Waals surface area contributed by atoms with Gasteiger partial charge in [-0.15, -0.1) is 0 Å². The van der Waals surface area contributed by atoms with Gasteiger partial charge < -0.3 is 4.79 Å². The van der Waals surface area contributed by atoms with Crippen molar-refractivity contribution in [2.75, 3.05) is 13.1 Å². The van der Waals surface area contributed by atoms with Crippen molar-refractivity contribution in [2.45, 2.75) is 65.3 Å². The number of hydrogen-bond donors (Lipinski definition) is 0. The highest BCUT2D eigenvalue weighted by Gasteiger charge is 2.37. The van der Waals surface area contributed by atoms with Gasteiger partial charge in [-0.1, -0.05) is 33.1 Å². The van der Waals surface area contributed by atoms with E-state index in [0.717, 1.165) is 31.2 Å². The molecule has 18 heavy (non-hydrogen) atoms. The first kappa shape index (κ1) is 14.0. The molecule has 0 aromatic heterocycles. The average Bonchev–Trinajstić information content (AvgIpc) is 2.36. The van der Waals surface area contributed by atoms with Gasteiger partial charge in [0.25, 0.3) is 0 Å². The lowest BCUT2D eigenvalue weighted by Gasteiger charge is -2.45. The first-order chi connectivity index (χ1) is 8.56. The molecule has 0 bridgehead atoms. The summed E-state index contributed by atoms with van der Waals surface area (Å²) in [6, 6.07) is 0.639. The van der Waals surface area contributed by atoms with E-state index < -0.39 is 0 Å². The van der Waals surface area contributed by atoms with Crippen molar-refractivity contribution < 1.29 is 4.79 Å². The van der Waals surface area contributed by atoms with Crippen LogP contribution in [0.5, 0.6) is 0 Å². The average molecular weight is 251 g/mol. The third kappa shape index (κ3) is 2.96. The lowest BCUT2D eigenvalue weighted by Crippen LogP contribution is -2.51. The normalized spacial score (nSPS) is 37.4. The minimum atomic E-state index is -0.0245. The van der Waals surface area contributed by atoms with Crippen molar-refractivity contribution >= 4 is 6.29 Å². The number of rotatable bonds is 3. The number of likely N-dealkylation sites (tertiary alicyclic amines) is 1. The van der Waals surface area contributed by atoms with Crippen LogP contribution in [0, 0.1) is 17.3 Å². The zero-order valence-electron chi connectivity index (χ0n) is 12.3. The lowest BCUT2D eigenvalue weighted by atomic mass is 9.73. The van der Waals surface area contributed by atoms with Crippen molar-refractivity contribution in [3.63, 3.8) is 0 Å². The molecular weight excluding hydrogens is 222 g/mol. The van der Waals surface area contributed by atoms with Crippen LogP contribution in [-0.2, 0) is 4.79 Å². The molecule has 2 heteroatoms. The van der Waals surface area contributed by atoms with E-state index in [9.17, 15) is 4.79 Å². The van der Waals surface area contributed by atoms with E-state index in [2.05, 4.69) is 25.7 Å². The molecule has 1 heterocycles. The van der Waals surface area contributed by atoms with Gasteiger partial charge in [0.1, 0.15) is 6.29 Å². The smallest absolute Gasteiger partial charge is 0.127 e. The molecule has 0 aromatic rings. The zero-order chi connectivity index (χ0) is 13.2. The Balaban J connectivity index is 2.03. The van der Waals surface area contributed by atoms with Gasteiger partial charge >= 0.3 is 0 Å². The second-order valence-electron chi connectivity index (χ2n) is 7.03. The molecule has 104 valence electrons. The maximum absolute atomic E-state index is 11.6. The van der Waals surface area contributed by atoms with E-state index in [1.165, 1.54) is 38.5 Å². The van der Waals surface area contributed by atoms with E-state index in [1.54, 1.807) is 0 Å². The van der Waals surface area contributed by atoms with E-state index in [1.807, 2.05) is 0 Å². The molecule has 0 spiro atoms. The molecule has 2 rings (SSSR count). The second-order valence-corrected chi connectivity index (χ2v) is 7.03. The molecule has 2 nitrogen and oxygen atoms in total. The SMILES string of the molecule is CC1CC(C)C(C)N(CC2(C=O)CCCCC2)C1. The fraction of sp³-hybridized carbons (Fsp3) is 0.938. The number of nitrogens with zero attached hydrogens (tertiary/aromatic N) is 1. The van der Waals surface area contributed by atoms with Gasteiger partial charge in [0.2, 0.25) is 0 Å². The maximum Gasteiger partial charge on any atom is 0.127 e. The summed E-state index contributed by atoms with van der Waals surface area (Å²) in [6.07, 6.45) is 8.65. The van der Waals surface area contributed by atoms with Crippen molar-refractivity contribution in [1.29, 1.82) is 0 Å². The Hall–Kier alpha value is -0.370. The number of piperidine rings is 1. The Bertz CT molecular complexity index is 283. The maximum atomic E-state index is 11.6.